The van der Waals surface area contributed by atoms with E-state index in [1.165, 1.54) is 26.4 Å². The van der Waals surface area contributed by atoms with E-state index in [2.05, 4.69) is 15.6 Å². The zero-order valence-electron chi connectivity index (χ0n) is 13.8. The molecule has 0 aliphatic heterocycles. The van der Waals surface area contributed by atoms with Gasteiger partial charge in [0.2, 0.25) is 11.8 Å². The highest BCUT2D eigenvalue weighted by Gasteiger charge is 2.15. The lowest BCUT2D eigenvalue weighted by molar-refractivity contribution is -0.126. The van der Waals surface area contributed by atoms with Gasteiger partial charge in [0.15, 0.2) is 0 Å². The lowest BCUT2D eigenvalue weighted by Gasteiger charge is -2.13. The number of amides is 2. The van der Waals surface area contributed by atoms with Crippen LogP contribution in [-0.4, -0.2) is 31.0 Å². The number of anilines is 1. The van der Waals surface area contributed by atoms with Crippen LogP contribution in [0.25, 0.3) is 0 Å². The molecule has 2 N–H and O–H groups in total. The molecular formula is C17H18ClN3O4. The minimum absolute atomic E-state index is 0.320. The predicted octanol–water partition coefficient (Wildman–Crippen LogP) is 2.40. The van der Waals surface area contributed by atoms with E-state index in [9.17, 15) is 9.59 Å². The lowest BCUT2D eigenvalue weighted by Crippen LogP contribution is -2.27. The monoisotopic (exact) mass is 363 g/mol. The molecule has 0 bridgehead atoms. The zero-order valence-corrected chi connectivity index (χ0v) is 14.6. The fourth-order valence-electron chi connectivity index (χ4n) is 2.06. The summed E-state index contributed by atoms with van der Waals surface area (Å²) in [4.78, 5) is 27.9. The average molecular weight is 364 g/mol. The summed E-state index contributed by atoms with van der Waals surface area (Å²) in [6.45, 7) is 0.326. The van der Waals surface area contributed by atoms with Gasteiger partial charge in [-0.2, -0.15) is 0 Å². The number of hydrogen-bond acceptors (Lipinski definition) is 5. The molecular weight excluding hydrogens is 346 g/mol. The molecule has 132 valence electrons. The van der Waals surface area contributed by atoms with Gasteiger partial charge in [-0.1, -0.05) is 11.6 Å². The Balaban J connectivity index is 1.94. The molecule has 0 saturated heterocycles. The number of pyridine rings is 1. The van der Waals surface area contributed by atoms with Crippen LogP contribution in [0.3, 0.4) is 0 Å². The van der Waals surface area contributed by atoms with Crippen molar-refractivity contribution in [1.82, 2.24) is 10.3 Å². The summed E-state index contributed by atoms with van der Waals surface area (Å²) < 4.78 is 10.3. The summed E-state index contributed by atoms with van der Waals surface area (Å²) in [7, 11) is 2.92. The Kier molecular flexibility index (Phi) is 6.59. The second kappa shape index (κ2) is 8.89. The van der Waals surface area contributed by atoms with E-state index < -0.39 is 11.8 Å². The molecule has 2 aromatic rings. The first-order chi connectivity index (χ1) is 12.0. The summed E-state index contributed by atoms with van der Waals surface area (Å²) >= 11 is 6.01. The first-order valence-electron chi connectivity index (χ1n) is 7.40. The number of methoxy groups -OCH3 is 2. The average Bonchev–Trinajstić information content (AvgIpc) is 2.61. The van der Waals surface area contributed by atoms with Crippen molar-refractivity contribution in [2.75, 3.05) is 19.5 Å². The summed E-state index contributed by atoms with van der Waals surface area (Å²) in [5, 5.41) is 5.64. The standard InChI is InChI=1S/C17H18ClN3O4/c1-24-14-8-13(15(25-2)7-12(14)18)21-17(23)9-16(22)20-10-11-3-5-19-6-4-11/h3-8H,9-10H2,1-2H3,(H,20,22)(H,21,23). The number of hydrogen-bond donors (Lipinski definition) is 2. The van der Waals surface area contributed by atoms with Crippen LogP contribution < -0.4 is 20.1 Å². The maximum Gasteiger partial charge on any atom is 0.233 e. The fraction of sp³-hybridized carbons (Fsp3) is 0.235. The number of carbonyl (C=O) groups is 2. The van der Waals surface area contributed by atoms with E-state index in [1.807, 2.05) is 0 Å². The van der Waals surface area contributed by atoms with Crippen molar-refractivity contribution in [3.8, 4) is 11.5 Å². The molecule has 0 saturated carbocycles. The number of halogens is 1. The van der Waals surface area contributed by atoms with Crippen molar-refractivity contribution >= 4 is 29.1 Å². The third-order valence-corrected chi connectivity index (χ3v) is 3.60. The summed E-state index contributed by atoms with van der Waals surface area (Å²) in [6, 6.07) is 6.63. The van der Waals surface area contributed by atoms with Crippen LogP contribution >= 0.6 is 11.6 Å². The maximum atomic E-state index is 12.1. The van der Waals surface area contributed by atoms with Crippen molar-refractivity contribution in [3.63, 3.8) is 0 Å². The van der Waals surface area contributed by atoms with Crippen molar-refractivity contribution in [1.29, 1.82) is 0 Å². The zero-order chi connectivity index (χ0) is 18.2. The number of aromatic nitrogens is 1. The van der Waals surface area contributed by atoms with Gasteiger partial charge in [0, 0.05) is 31.1 Å². The van der Waals surface area contributed by atoms with Crippen LogP contribution in [0.2, 0.25) is 5.02 Å². The fourth-order valence-corrected chi connectivity index (χ4v) is 2.29. The molecule has 2 rings (SSSR count). The van der Waals surface area contributed by atoms with E-state index in [4.69, 9.17) is 21.1 Å². The number of ether oxygens (including phenoxy) is 2. The van der Waals surface area contributed by atoms with E-state index in [1.54, 1.807) is 24.5 Å². The molecule has 2 amide bonds. The maximum absolute atomic E-state index is 12.1. The van der Waals surface area contributed by atoms with Crippen molar-refractivity contribution in [2.45, 2.75) is 13.0 Å². The Morgan fingerprint density at radius 1 is 1.08 bits per heavy atom. The normalized spacial score (nSPS) is 10.0. The molecule has 0 aliphatic carbocycles. The largest absolute Gasteiger partial charge is 0.495 e. The molecule has 25 heavy (non-hydrogen) atoms. The Hall–Kier alpha value is -2.80. The number of carbonyl (C=O) groups excluding carboxylic acids is 2. The van der Waals surface area contributed by atoms with Crippen molar-refractivity contribution in [2.24, 2.45) is 0 Å². The smallest absolute Gasteiger partial charge is 0.233 e. The van der Waals surface area contributed by atoms with Gasteiger partial charge in [-0.05, 0) is 17.7 Å². The molecule has 1 aromatic heterocycles. The predicted molar refractivity (Wildman–Crippen MR) is 93.9 cm³/mol. The topological polar surface area (TPSA) is 89.5 Å². The molecule has 1 aromatic carbocycles. The summed E-state index contributed by atoms with van der Waals surface area (Å²) in [6.07, 6.45) is 2.95. The minimum Gasteiger partial charge on any atom is -0.495 e. The first-order valence-corrected chi connectivity index (χ1v) is 7.78. The molecule has 0 radical (unpaired) electrons. The van der Waals surface area contributed by atoms with Crippen molar-refractivity contribution < 1.29 is 19.1 Å². The van der Waals surface area contributed by atoms with Gasteiger partial charge in [-0.15, -0.1) is 0 Å². The van der Waals surface area contributed by atoms with Gasteiger partial charge >= 0.3 is 0 Å². The Bertz CT molecular complexity index is 753. The van der Waals surface area contributed by atoms with Crippen molar-refractivity contribution in [3.05, 3.63) is 47.2 Å². The molecule has 8 heteroatoms. The van der Waals surface area contributed by atoms with Gasteiger partial charge in [-0.25, -0.2) is 0 Å². The Morgan fingerprint density at radius 2 is 1.76 bits per heavy atom. The van der Waals surface area contributed by atoms with Gasteiger partial charge < -0.3 is 20.1 Å². The minimum atomic E-state index is -0.477. The highest BCUT2D eigenvalue weighted by Crippen LogP contribution is 2.35. The van der Waals surface area contributed by atoms with Crippen LogP contribution in [0.15, 0.2) is 36.7 Å². The second-order valence-electron chi connectivity index (χ2n) is 5.04. The number of benzene rings is 1. The van der Waals surface area contributed by atoms with E-state index in [0.29, 0.717) is 28.8 Å². The number of rotatable bonds is 7. The van der Waals surface area contributed by atoms with Gasteiger partial charge in [-0.3, -0.25) is 14.6 Å². The van der Waals surface area contributed by atoms with Crippen LogP contribution in [0.5, 0.6) is 11.5 Å². The van der Waals surface area contributed by atoms with Gasteiger partial charge in [0.05, 0.1) is 24.9 Å². The van der Waals surface area contributed by atoms with Crippen LogP contribution in [0.4, 0.5) is 5.69 Å². The summed E-state index contributed by atoms with van der Waals surface area (Å²) in [5.41, 5.74) is 1.27. The number of nitrogens with one attached hydrogen (secondary N) is 2. The molecule has 0 unspecified atom stereocenters. The van der Waals surface area contributed by atoms with E-state index >= 15 is 0 Å². The molecule has 7 nitrogen and oxygen atoms in total. The first kappa shape index (κ1) is 18.5. The van der Waals surface area contributed by atoms with Gasteiger partial charge in [0.25, 0.3) is 0 Å². The second-order valence-corrected chi connectivity index (χ2v) is 5.45. The van der Waals surface area contributed by atoms with E-state index in [-0.39, 0.29) is 6.42 Å². The molecule has 0 aliphatic rings. The number of nitrogens with zero attached hydrogens (tertiary/aromatic N) is 1. The molecule has 0 atom stereocenters. The van der Waals surface area contributed by atoms with Crippen LogP contribution in [0, 0.1) is 0 Å². The Labute approximate surface area is 150 Å². The third-order valence-electron chi connectivity index (χ3n) is 3.31. The summed E-state index contributed by atoms with van der Waals surface area (Å²) in [5.74, 6) is -0.111. The van der Waals surface area contributed by atoms with Crippen LogP contribution in [-0.2, 0) is 16.1 Å². The molecule has 0 spiro atoms. The highest BCUT2D eigenvalue weighted by molar-refractivity contribution is 6.32. The highest BCUT2D eigenvalue weighted by atomic mass is 35.5. The Morgan fingerprint density at radius 3 is 2.40 bits per heavy atom. The quantitative estimate of drug-likeness (QED) is 0.737. The lowest BCUT2D eigenvalue weighted by atomic mass is 10.2. The molecule has 0 fully saturated rings. The van der Waals surface area contributed by atoms with Gasteiger partial charge in [0.1, 0.15) is 17.9 Å². The SMILES string of the molecule is COc1cc(NC(=O)CC(=O)NCc2ccncc2)c(OC)cc1Cl. The third kappa shape index (κ3) is 5.36. The van der Waals surface area contributed by atoms with E-state index in [0.717, 1.165) is 5.56 Å². The van der Waals surface area contributed by atoms with Crippen LogP contribution in [0.1, 0.15) is 12.0 Å². The molecule has 1 heterocycles.